The van der Waals surface area contributed by atoms with Gasteiger partial charge in [0.1, 0.15) is 11.4 Å². The van der Waals surface area contributed by atoms with Crippen molar-refractivity contribution in [1.82, 2.24) is 20.0 Å². The normalized spacial score (nSPS) is 12.4. The summed E-state index contributed by atoms with van der Waals surface area (Å²) < 4.78 is 7.69. The topological polar surface area (TPSA) is 111 Å². The summed E-state index contributed by atoms with van der Waals surface area (Å²) in [6.07, 6.45) is 4.44. The molecule has 4 aromatic rings. The number of aryl methyl sites for hydroxylation is 1. The van der Waals surface area contributed by atoms with Gasteiger partial charge in [-0.05, 0) is 76.4 Å². The molecule has 210 valence electrons. The summed E-state index contributed by atoms with van der Waals surface area (Å²) in [4.78, 5) is 30.4. The number of nitrogens with two attached hydrogens (primary N) is 1. The van der Waals surface area contributed by atoms with Crippen molar-refractivity contribution in [3.63, 3.8) is 0 Å². The van der Waals surface area contributed by atoms with Gasteiger partial charge in [0.15, 0.2) is 0 Å². The lowest BCUT2D eigenvalue weighted by Crippen LogP contribution is -2.53. The number of nitrogens with one attached hydrogen (secondary N) is 2. The van der Waals surface area contributed by atoms with Crippen LogP contribution in [0.1, 0.15) is 49.2 Å². The molecular formula is C31H36ClN5O3. The smallest absolute Gasteiger partial charge is 0.251 e. The fraction of sp³-hybridized carbons (Fsp3) is 0.323. The number of hydrogen-bond acceptors (Lipinski definition) is 5. The molecule has 1 atom stereocenters. The van der Waals surface area contributed by atoms with Gasteiger partial charge in [-0.3, -0.25) is 9.59 Å². The molecule has 2 aromatic heterocycles. The van der Waals surface area contributed by atoms with E-state index in [0.29, 0.717) is 22.8 Å². The number of pyridine rings is 1. The minimum absolute atomic E-state index is 0.0415. The van der Waals surface area contributed by atoms with E-state index in [1.807, 2.05) is 74.0 Å². The van der Waals surface area contributed by atoms with Crippen LogP contribution in [0.2, 0.25) is 5.02 Å². The number of ether oxygens (including phenoxy) is 1. The van der Waals surface area contributed by atoms with Gasteiger partial charge in [0.25, 0.3) is 5.91 Å². The first-order valence-corrected chi connectivity index (χ1v) is 13.7. The van der Waals surface area contributed by atoms with Gasteiger partial charge >= 0.3 is 0 Å². The van der Waals surface area contributed by atoms with Crippen molar-refractivity contribution in [3.05, 3.63) is 88.7 Å². The van der Waals surface area contributed by atoms with Crippen LogP contribution in [-0.2, 0) is 11.2 Å². The minimum Gasteiger partial charge on any atom is -0.489 e. The molecule has 9 heteroatoms. The van der Waals surface area contributed by atoms with Crippen molar-refractivity contribution in [2.45, 2.75) is 58.7 Å². The van der Waals surface area contributed by atoms with Gasteiger partial charge in [-0.1, -0.05) is 41.9 Å². The van der Waals surface area contributed by atoms with Crippen LogP contribution in [-0.4, -0.2) is 45.4 Å². The van der Waals surface area contributed by atoms with Crippen LogP contribution in [0.3, 0.4) is 0 Å². The Bertz CT molecular complexity index is 1510. The number of benzene rings is 2. The highest BCUT2D eigenvalue weighted by atomic mass is 35.5. The van der Waals surface area contributed by atoms with Crippen LogP contribution in [0, 0.1) is 6.92 Å². The molecule has 0 radical (unpaired) electrons. The Morgan fingerprint density at radius 3 is 2.48 bits per heavy atom. The first kappa shape index (κ1) is 29.1. The number of imidazole rings is 1. The summed E-state index contributed by atoms with van der Waals surface area (Å²) in [6, 6.07) is 16.6. The second kappa shape index (κ2) is 12.1. The summed E-state index contributed by atoms with van der Waals surface area (Å²) >= 11 is 6.35. The molecule has 40 heavy (non-hydrogen) atoms. The Morgan fingerprint density at radius 2 is 1.85 bits per heavy atom. The monoisotopic (exact) mass is 561 g/mol. The zero-order valence-electron chi connectivity index (χ0n) is 23.5. The summed E-state index contributed by atoms with van der Waals surface area (Å²) in [5.41, 5.74) is 10.2. The standard InChI is InChI=1S/C31H36ClN5O3/c1-19(2)40-27-13-12-23(16-25(27)32)29(38)35-24(17-34-30(39)31(4,5)33)15-21-8-10-22(11-9-21)26-18-37-14-6-7-20(3)28(37)36-26/h6-14,16,18-19,24H,15,17,33H2,1-5H3,(H,34,39)(H,35,38). The van der Waals surface area contributed by atoms with Crippen LogP contribution in [0.25, 0.3) is 16.9 Å². The number of halogens is 1. The highest BCUT2D eigenvalue weighted by Gasteiger charge is 2.24. The Balaban J connectivity index is 1.51. The quantitative estimate of drug-likeness (QED) is 0.254. The van der Waals surface area contributed by atoms with Crippen LogP contribution in [0.4, 0.5) is 0 Å². The second-order valence-electron chi connectivity index (χ2n) is 10.9. The molecule has 0 fully saturated rings. The number of rotatable bonds is 10. The fourth-order valence-corrected chi connectivity index (χ4v) is 4.49. The van der Waals surface area contributed by atoms with Crippen molar-refractivity contribution >= 4 is 29.1 Å². The van der Waals surface area contributed by atoms with Gasteiger partial charge in [-0.25, -0.2) is 4.98 Å². The van der Waals surface area contributed by atoms with Crippen LogP contribution < -0.4 is 21.1 Å². The van der Waals surface area contributed by atoms with Gasteiger partial charge in [0.05, 0.1) is 28.4 Å². The fourth-order valence-electron chi connectivity index (χ4n) is 4.27. The highest BCUT2D eigenvalue weighted by molar-refractivity contribution is 6.32. The third-order valence-electron chi connectivity index (χ3n) is 6.40. The number of amides is 2. The largest absolute Gasteiger partial charge is 0.489 e. The molecule has 8 nitrogen and oxygen atoms in total. The van der Waals surface area contributed by atoms with Crippen molar-refractivity contribution in [2.75, 3.05) is 6.54 Å². The maximum Gasteiger partial charge on any atom is 0.251 e. The van der Waals surface area contributed by atoms with E-state index in [4.69, 9.17) is 27.1 Å². The third kappa shape index (κ3) is 7.20. The van der Waals surface area contributed by atoms with Gasteiger partial charge in [-0.15, -0.1) is 0 Å². The van der Waals surface area contributed by atoms with Crippen LogP contribution in [0.15, 0.2) is 67.0 Å². The molecule has 2 aromatic carbocycles. The van der Waals surface area contributed by atoms with E-state index in [1.165, 1.54) is 0 Å². The zero-order chi connectivity index (χ0) is 29.0. The van der Waals surface area contributed by atoms with E-state index >= 15 is 0 Å². The average molecular weight is 562 g/mol. The Hall–Kier alpha value is -3.88. The summed E-state index contributed by atoms with van der Waals surface area (Å²) in [6.45, 7) is 9.33. The molecule has 2 amide bonds. The van der Waals surface area contributed by atoms with E-state index in [9.17, 15) is 9.59 Å². The van der Waals surface area contributed by atoms with E-state index in [0.717, 1.165) is 28.0 Å². The van der Waals surface area contributed by atoms with Gasteiger partial charge in [-0.2, -0.15) is 0 Å². The van der Waals surface area contributed by atoms with Crippen molar-refractivity contribution in [2.24, 2.45) is 5.73 Å². The SMILES string of the molecule is Cc1cccn2cc(-c3ccc(CC(CNC(=O)C(C)(C)N)NC(=O)c4ccc(OC(C)C)c(Cl)c4)cc3)nc12. The first-order valence-electron chi connectivity index (χ1n) is 13.3. The lowest BCUT2D eigenvalue weighted by molar-refractivity contribution is -0.125. The van der Waals surface area contributed by atoms with E-state index in [-0.39, 0.29) is 24.5 Å². The van der Waals surface area contributed by atoms with E-state index in [1.54, 1.807) is 32.0 Å². The third-order valence-corrected chi connectivity index (χ3v) is 6.69. The van der Waals surface area contributed by atoms with Crippen LogP contribution >= 0.6 is 11.6 Å². The van der Waals surface area contributed by atoms with E-state index < -0.39 is 11.6 Å². The average Bonchev–Trinajstić information content (AvgIpc) is 3.33. The highest BCUT2D eigenvalue weighted by Crippen LogP contribution is 2.27. The second-order valence-corrected chi connectivity index (χ2v) is 11.3. The van der Waals surface area contributed by atoms with E-state index in [2.05, 4.69) is 10.6 Å². The van der Waals surface area contributed by atoms with Crippen LogP contribution in [0.5, 0.6) is 5.75 Å². The van der Waals surface area contributed by atoms with Gasteiger partial charge < -0.3 is 25.5 Å². The maximum atomic E-state index is 13.2. The molecule has 0 spiro atoms. The number of carbonyl (C=O) groups is 2. The summed E-state index contributed by atoms with van der Waals surface area (Å²) in [5.74, 6) is -0.0912. The predicted molar refractivity (Wildman–Crippen MR) is 159 cm³/mol. The zero-order valence-corrected chi connectivity index (χ0v) is 24.3. The molecule has 0 aliphatic heterocycles. The maximum absolute atomic E-state index is 13.2. The van der Waals surface area contributed by atoms with Gasteiger partial charge in [0, 0.05) is 30.1 Å². The van der Waals surface area contributed by atoms with Crippen molar-refractivity contribution < 1.29 is 14.3 Å². The summed E-state index contributed by atoms with van der Waals surface area (Å²) in [5, 5.41) is 6.25. The Kier molecular flexibility index (Phi) is 8.81. The molecule has 1 unspecified atom stereocenters. The molecule has 0 aliphatic carbocycles. The Labute approximate surface area is 239 Å². The minimum atomic E-state index is -1.04. The molecular weight excluding hydrogens is 526 g/mol. The van der Waals surface area contributed by atoms with Crippen molar-refractivity contribution in [1.29, 1.82) is 0 Å². The Morgan fingerprint density at radius 1 is 1.12 bits per heavy atom. The predicted octanol–water partition coefficient (Wildman–Crippen LogP) is 4.94. The molecule has 0 saturated heterocycles. The number of hydrogen-bond donors (Lipinski definition) is 3. The number of aromatic nitrogens is 2. The first-order chi connectivity index (χ1) is 18.9. The lowest BCUT2D eigenvalue weighted by atomic mass is 10.0. The lowest BCUT2D eigenvalue weighted by Gasteiger charge is -2.23. The molecule has 0 bridgehead atoms. The number of carbonyl (C=O) groups excluding carboxylic acids is 2. The molecule has 0 saturated carbocycles. The molecule has 4 rings (SSSR count). The molecule has 4 N–H and O–H groups in total. The molecule has 2 heterocycles. The molecule has 0 aliphatic rings. The number of nitrogens with zero attached hydrogens (tertiary/aromatic N) is 2. The van der Waals surface area contributed by atoms with Gasteiger partial charge in [0.2, 0.25) is 5.91 Å². The summed E-state index contributed by atoms with van der Waals surface area (Å²) in [7, 11) is 0. The van der Waals surface area contributed by atoms with Crippen molar-refractivity contribution in [3.8, 4) is 17.0 Å². The number of fused-ring (bicyclic) bond motifs is 1.